The minimum absolute atomic E-state index is 1.17. The third-order valence-electron chi connectivity index (χ3n) is 2.67. The predicted molar refractivity (Wildman–Crippen MR) is 64.7 cm³/mol. The van der Waals surface area contributed by atoms with Gasteiger partial charge in [-0.25, -0.2) is 0 Å². The van der Waals surface area contributed by atoms with Crippen molar-refractivity contribution < 1.29 is 0 Å². The van der Waals surface area contributed by atoms with Crippen molar-refractivity contribution in [3.05, 3.63) is 65.4 Å². The van der Waals surface area contributed by atoms with Crippen LogP contribution in [0, 0.1) is 0 Å². The van der Waals surface area contributed by atoms with E-state index in [1.54, 1.807) is 0 Å². The largest absolute Gasteiger partial charge is 0.117 e. The average molecular weight is 196 g/mol. The van der Waals surface area contributed by atoms with Gasteiger partial charge in [-0.15, -0.1) is 5.73 Å². The van der Waals surface area contributed by atoms with Crippen LogP contribution in [0.5, 0.6) is 0 Å². The van der Waals surface area contributed by atoms with Crippen molar-refractivity contribution in [2.75, 3.05) is 0 Å². The van der Waals surface area contributed by atoms with E-state index in [2.05, 4.69) is 48.2 Å². The summed E-state index contributed by atoms with van der Waals surface area (Å²) in [7, 11) is 0. The van der Waals surface area contributed by atoms with Gasteiger partial charge >= 0.3 is 0 Å². The van der Waals surface area contributed by atoms with E-state index in [4.69, 9.17) is 0 Å². The van der Waals surface area contributed by atoms with E-state index in [1.807, 2.05) is 6.08 Å². The molecule has 0 fully saturated rings. The fourth-order valence-electron chi connectivity index (χ4n) is 1.81. The fourth-order valence-corrected chi connectivity index (χ4v) is 1.81. The number of aryl methyl sites for hydroxylation is 1. The third kappa shape index (κ3) is 3.27. The summed E-state index contributed by atoms with van der Waals surface area (Å²) in [5.74, 6) is 0. The maximum absolute atomic E-state index is 3.24. The van der Waals surface area contributed by atoms with E-state index in [-0.39, 0.29) is 0 Å². The maximum Gasteiger partial charge on any atom is -0.00601 e. The van der Waals surface area contributed by atoms with Crippen LogP contribution in [0.3, 0.4) is 0 Å². The lowest BCUT2D eigenvalue weighted by atomic mass is 10.0. The predicted octanol–water partition coefficient (Wildman–Crippen LogP) is 4.05. The summed E-state index contributed by atoms with van der Waals surface area (Å²) in [6, 6.07) is 10.7. The molecule has 0 heteroatoms. The van der Waals surface area contributed by atoms with Crippen LogP contribution in [0.1, 0.15) is 24.8 Å². The van der Waals surface area contributed by atoms with E-state index in [1.165, 1.54) is 36.8 Å². The van der Waals surface area contributed by atoms with Crippen molar-refractivity contribution in [2.24, 2.45) is 0 Å². The van der Waals surface area contributed by atoms with Gasteiger partial charge < -0.3 is 0 Å². The zero-order valence-electron chi connectivity index (χ0n) is 8.95. The van der Waals surface area contributed by atoms with Gasteiger partial charge in [-0.1, -0.05) is 42.5 Å². The summed E-state index contributed by atoms with van der Waals surface area (Å²) in [6.07, 6.45) is 11.1. The van der Waals surface area contributed by atoms with Crippen molar-refractivity contribution in [3.8, 4) is 0 Å². The van der Waals surface area contributed by atoms with Crippen LogP contribution < -0.4 is 0 Å². The Morgan fingerprint density at radius 3 is 2.47 bits per heavy atom. The van der Waals surface area contributed by atoms with Crippen molar-refractivity contribution in [1.29, 1.82) is 0 Å². The molecule has 0 unspecified atom stereocenters. The third-order valence-corrected chi connectivity index (χ3v) is 2.67. The monoisotopic (exact) mass is 196 g/mol. The van der Waals surface area contributed by atoms with Gasteiger partial charge in [0.25, 0.3) is 0 Å². The van der Waals surface area contributed by atoms with Gasteiger partial charge in [0.2, 0.25) is 0 Å². The SMILES string of the molecule is C1=CC=CC=1CCCCc1ccccc1. The van der Waals surface area contributed by atoms with Crippen LogP contribution in [0.4, 0.5) is 0 Å². The van der Waals surface area contributed by atoms with Crippen molar-refractivity contribution in [2.45, 2.75) is 25.7 Å². The lowest BCUT2D eigenvalue weighted by Crippen LogP contribution is -1.85. The zero-order chi connectivity index (χ0) is 10.3. The normalized spacial score (nSPS) is 13.2. The second-order valence-corrected chi connectivity index (χ2v) is 3.89. The summed E-state index contributed by atoms with van der Waals surface area (Å²) in [5, 5.41) is 0. The van der Waals surface area contributed by atoms with Gasteiger partial charge in [0, 0.05) is 0 Å². The van der Waals surface area contributed by atoms with E-state index in [9.17, 15) is 0 Å². The van der Waals surface area contributed by atoms with Gasteiger partial charge in [0.05, 0.1) is 0 Å². The molecule has 0 amide bonds. The fraction of sp³-hybridized carbons (Fsp3) is 0.267. The van der Waals surface area contributed by atoms with Crippen LogP contribution in [-0.4, -0.2) is 0 Å². The summed E-state index contributed by atoms with van der Waals surface area (Å²) < 4.78 is 0. The molecular formula is C15H16. The molecule has 0 aromatic heterocycles. The molecule has 1 aromatic carbocycles. The topological polar surface area (TPSA) is 0 Å². The summed E-state index contributed by atoms with van der Waals surface area (Å²) in [6.45, 7) is 0. The average Bonchev–Trinajstić information content (AvgIpc) is 2.79. The highest BCUT2D eigenvalue weighted by molar-refractivity contribution is 5.28. The molecule has 0 nitrogen and oxygen atoms in total. The first-order chi connectivity index (χ1) is 7.45. The second kappa shape index (κ2) is 5.38. The number of allylic oxidation sites excluding steroid dienone is 3. The van der Waals surface area contributed by atoms with Crippen molar-refractivity contribution >= 4 is 0 Å². The highest BCUT2D eigenvalue weighted by Crippen LogP contribution is 2.13. The van der Waals surface area contributed by atoms with Crippen molar-refractivity contribution in [1.82, 2.24) is 0 Å². The van der Waals surface area contributed by atoms with Gasteiger partial charge in [-0.3, -0.25) is 0 Å². The van der Waals surface area contributed by atoms with Gasteiger partial charge in [0.15, 0.2) is 0 Å². The van der Waals surface area contributed by atoms with Crippen molar-refractivity contribution in [3.63, 3.8) is 0 Å². The molecule has 0 bridgehead atoms. The highest BCUT2D eigenvalue weighted by atomic mass is 14.0. The molecule has 0 saturated heterocycles. The Hall–Kier alpha value is -1.52. The quantitative estimate of drug-likeness (QED) is 0.492. The van der Waals surface area contributed by atoms with Crippen LogP contribution in [0.15, 0.2) is 59.9 Å². The van der Waals surface area contributed by atoms with Crippen LogP contribution in [0.25, 0.3) is 0 Å². The Balaban J connectivity index is 1.67. The molecule has 0 aliphatic heterocycles. The molecule has 0 spiro atoms. The molecule has 15 heavy (non-hydrogen) atoms. The molecule has 0 saturated carbocycles. The Kier molecular flexibility index (Phi) is 3.59. The number of hydrogen-bond donors (Lipinski definition) is 0. The van der Waals surface area contributed by atoms with E-state index in [0.29, 0.717) is 0 Å². The zero-order valence-corrected chi connectivity index (χ0v) is 8.95. The Morgan fingerprint density at radius 1 is 0.933 bits per heavy atom. The first kappa shape index (κ1) is 10.0. The molecule has 1 aromatic rings. The highest BCUT2D eigenvalue weighted by Gasteiger charge is 1.96. The Bertz CT molecular complexity index is 389. The molecule has 1 aliphatic rings. The van der Waals surface area contributed by atoms with Gasteiger partial charge in [-0.2, -0.15) is 0 Å². The Labute approximate surface area is 91.6 Å². The molecule has 2 rings (SSSR count). The maximum atomic E-state index is 3.24. The smallest absolute Gasteiger partial charge is 0.00601 e. The second-order valence-electron chi connectivity index (χ2n) is 3.89. The number of benzene rings is 1. The summed E-state index contributed by atoms with van der Waals surface area (Å²) in [5.41, 5.74) is 6.03. The molecule has 0 N–H and O–H groups in total. The number of hydrogen-bond acceptors (Lipinski definition) is 0. The van der Waals surface area contributed by atoms with E-state index >= 15 is 0 Å². The Morgan fingerprint density at radius 2 is 1.73 bits per heavy atom. The van der Waals surface area contributed by atoms with Gasteiger partial charge in [-0.05, 0) is 42.9 Å². The molecule has 0 radical (unpaired) electrons. The van der Waals surface area contributed by atoms with Crippen LogP contribution in [0.2, 0.25) is 0 Å². The molecule has 0 atom stereocenters. The minimum atomic E-state index is 1.17. The lowest BCUT2D eigenvalue weighted by molar-refractivity contribution is 0.737. The molecule has 1 aliphatic carbocycles. The first-order valence-corrected chi connectivity index (χ1v) is 5.61. The lowest BCUT2D eigenvalue weighted by Gasteiger charge is -2.00. The first-order valence-electron chi connectivity index (χ1n) is 5.61. The van der Waals surface area contributed by atoms with E-state index in [0.717, 1.165) is 0 Å². The van der Waals surface area contributed by atoms with Crippen LogP contribution in [-0.2, 0) is 6.42 Å². The van der Waals surface area contributed by atoms with Gasteiger partial charge in [0.1, 0.15) is 0 Å². The number of rotatable bonds is 5. The summed E-state index contributed by atoms with van der Waals surface area (Å²) in [4.78, 5) is 0. The summed E-state index contributed by atoms with van der Waals surface area (Å²) >= 11 is 0. The van der Waals surface area contributed by atoms with Crippen LogP contribution >= 0.6 is 0 Å². The number of unbranched alkanes of at least 4 members (excludes halogenated alkanes) is 1. The molecule has 0 heterocycles. The van der Waals surface area contributed by atoms with E-state index < -0.39 is 0 Å². The minimum Gasteiger partial charge on any atom is -0.117 e. The standard InChI is InChI=1S/C15H16/c1-2-8-14(9-3-1)10-4-5-11-15-12-6-7-13-15/h1-3,6-9,12H,4-5,10-11H2. The molecular weight excluding hydrogens is 180 g/mol. The molecule has 76 valence electrons.